The average Bonchev–Trinajstić information content (AvgIpc) is 2.39. The van der Waals surface area contributed by atoms with Crippen LogP contribution in [-0.4, -0.2) is 26.5 Å². The molecule has 0 saturated carbocycles. The van der Waals surface area contributed by atoms with Crippen LogP contribution in [0.5, 0.6) is 0 Å². The molecule has 0 saturated heterocycles. The molecule has 0 heterocycles. The Morgan fingerprint density at radius 1 is 1.19 bits per heavy atom. The molecule has 0 radical (unpaired) electrons. The average molecular weight is 311 g/mol. The van der Waals surface area contributed by atoms with E-state index >= 15 is 0 Å². The Kier molecular flexibility index (Phi) is 6.88. The minimum Gasteiger partial charge on any atom is -0.309 e. The number of nitrogens with one attached hydrogen (secondary N) is 1. The molecule has 120 valence electrons. The van der Waals surface area contributed by atoms with Crippen molar-refractivity contribution in [3.63, 3.8) is 0 Å². The lowest BCUT2D eigenvalue weighted by Gasteiger charge is -2.21. The van der Waals surface area contributed by atoms with Gasteiger partial charge in [-0.2, -0.15) is 0 Å². The van der Waals surface area contributed by atoms with Crippen molar-refractivity contribution in [2.75, 3.05) is 18.1 Å². The van der Waals surface area contributed by atoms with E-state index in [-0.39, 0.29) is 17.5 Å². The van der Waals surface area contributed by atoms with Crippen LogP contribution in [0, 0.1) is 19.8 Å². The van der Waals surface area contributed by atoms with Gasteiger partial charge in [0.1, 0.15) is 0 Å². The Hall–Kier alpha value is -0.870. The summed E-state index contributed by atoms with van der Waals surface area (Å²) in [5, 5.41) is 3.33. The van der Waals surface area contributed by atoms with Crippen LogP contribution in [0.2, 0.25) is 0 Å². The highest BCUT2D eigenvalue weighted by molar-refractivity contribution is 7.91. The summed E-state index contributed by atoms with van der Waals surface area (Å²) in [5.74, 6) is 0.869. The lowest BCUT2D eigenvalue weighted by atomic mass is 10.00. The Morgan fingerprint density at radius 3 is 2.43 bits per heavy atom. The zero-order valence-electron chi connectivity index (χ0n) is 13.9. The second kappa shape index (κ2) is 7.95. The maximum atomic E-state index is 12.3. The molecular formula is C17H29NO2S. The van der Waals surface area contributed by atoms with Gasteiger partial charge in [0.25, 0.3) is 0 Å². The van der Waals surface area contributed by atoms with Gasteiger partial charge < -0.3 is 5.32 Å². The molecule has 3 nitrogen and oxygen atoms in total. The van der Waals surface area contributed by atoms with Gasteiger partial charge in [0.15, 0.2) is 9.84 Å². The van der Waals surface area contributed by atoms with E-state index in [0.717, 1.165) is 29.7 Å². The Morgan fingerprint density at radius 2 is 1.86 bits per heavy atom. The van der Waals surface area contributed by atoms with Crippen LogP contribution in [0.4, 0.5) is 0 Å². The Labute approximate surface area is 130 Å². The Balaban J connectivity index is 2.94. The molecule has 1 N–H and O–H groups in total. The predicted molar refractivity (Wildman–Crippen MR) is 90.4 cm³/mol. The smallest absolute Gasteiger partial charge is 0.152 e. The van der Waals surface area contributed by atoms with Gasteiger partial charge in [-0.15, -0.1) is 0 Å². The maximum absolute atomic E-state index is 12.3. The fraction of sp³-hybridized carbons (Fsp3) is 0.647. The van der Waals surface area contributed by atoms with Crippen LogP contribution in [0.3, 0.4) is 0 Å². The predicted octanol–water partition coefficient (Wildman–Crippen LogP) is 3.41. The molecule has 0 amide bonds. The molecule has 0 fully saturated rings. The molecule has 1 aromatic carbocycles. The summed E-state index contributed by atoms with van der Waals surface area (Å²) in [6.07, 6.45) is 0.730. The van der Waals surface area contributed by atoms with Gasteiger partial charge in [0, 0.05) is 6.04 Å². The first-order valence-electron chi connectivity index (χ1n) is 7.76. The van der Waals surface area contributed by atoms with E-state index in [1.54, 1.807) is 0 Å². The molecular weight excluding hydrogens is 282 g/mol. The molecule has 1 aromatic rings. The fourth-order valence-corrected chi connectivity index (χ4v) is 4.20. The van der Waals surface area contributed by atoms with Gasteiger partial charge in [0.05, 0.1) is 11.5 Å². The van der Waals surface area contributed by atoms with E-state index in [1.807, 2.05) is 20.8 Å². The van der Waals surface area contributed by atoms with E-state index in [0.29, 0.717) is 5.92 Å². The molecule has 0 aliphatic heterocycles. The van der Waals surface area contributed by atoms with Crippen LogP contribution >= 0.6 is 0 Å². The molecule has 1 rings (SSSR count). The quantitative estimate of drug-likeness (QED) is 0.800. The van der Waals surface area contributed by atoms with Crippen LogP contribution < -0.4 is 5.32 Å². The van der Waals surface area contributed by atoms with Crippen LogP contribution in [-0.2, 0) is 9.84 Å². The van der Waals surface area contributed by atoms with E-state index in [1.165, 1.54) is 0 Å². The number of benzene rings is 1. The van der Waals surface area contributed by atoms with Crippen molar-refractivity contribution in [2.45, 2.75) is 47.1 Å². The normalized spacial score (nSPS) is 13.6. The molecule has 0 aliphatic carbocycles. The number of hydrogen-bond acceptors (Lipinski definition) is 3. The van der Waals surface area contributed by atoms with Crippen molar-refractivity contribution >= 4 is 9.84 Å². The summed E-state index contributed by atoms with van der Waals surface area (Å²) in [4.78, 5) is 0. The lowest BCUT2D eigenvalue weighted by Crippen LogP contribution is -2.30. The van der Waals surface area contributed by atoms with Crippen LogP contribution in [0.25, 0.3) is 0 Å². The molecule has 0 spiro atoms. The monoisotopic (exact) mass is 311 g/mol. The summed E-state index contributed by atoms with van der Waals surface area (Å²) in [6.45, 7) is 11.0. The van der Waals surface area contributed by atoms with Crippen molar-refractivity contribution in [1.29, 1.82) is 0 Å². The molecule has 21 heavy (non-hydrogen) atoms. The van der Waals surface area contributed by atoms with Crippen molar-refractivity contribution < 1.29 is 8.42 Å². The van der Waals surface area contributed by atoms with Crippen molar-refractivity contribution in [3.8, 4) is 0 Å². The zero-order chi connectivity index (χ0) is 16.0. The first-order valence-corrected chi connectivity index (χ1v) is 9.58. The number of hydrogen-bond donors (Lipinski definition) is 1. The Bertz CT molecular complexity index is 550. The van der Waals surface area contributed by atoms with Crippen molar-refractivity contribution in [3.05, 3.63) is 34.9 Å². The van der Waals surface area contributed by atoms with E-state index in [2.05, 4.69) is 37.4 Å². The standard InChI is InChI=1S/C17H29NO2S/c1-6-18-17(12-21(19,20)10-9-13(2)3)16-11-14(4)7-8-15(16)5/h7-8,11,13,17-18H,6,9-10,12H2,1-5H3. The molecule has 4 heteroatoms. The zero-order valence-corrected chi connectivity index (χ0v) is 14.8. The molecule has 0 bridgehead atoms. The minimum absolute atomic E-state index is 0.118. The van der Waals surface area contributed by atoms with E-state index in [9.17, 15) is 8.42 Å². The summed E-state index contributed by atoms with van der Waals surface area (Å²) in [5.41, 5.74) is 3.41. The second-order valence-corrected chi connectivity index (χ2v) is 8.50. The van der Waals surface area contributed by atoms with Crippen molar-refractivity contribution in [1.82, 2.24) is 5.32 Å². The third-order valence-corrected chi connectivity index (χ3v) is 5.39. The topological polar surface area (TPSA) is 46.2 Å². The van der Waals surface area contributed by atoms with Gasteiger partial charge in [0.2, 0.25) is 0 Å². The number of sulfone groups is 1. The van der Waals surface area contributed by atoms with Gasteiger partial charge in [-0.25, -0.2) is 8.42 Å². The highest BCUT2D eigenvalue weighted by atomic mass is 32.2. The lowest BCUT2D eigenvalue weighted by molar-refractivity contribution is 0.547. The molecule has 1 atom stereocenters. The molecule has 1 unspecified atom stereocenters. The van der Waals surface area contributed by atoms with Gasteiger partial charge in [-0.05, 0) is 43.9 Å². The third kappa shape index (κ3) is 6.18. The number of aryl methyl sites for hydroxylation is 2. The van der Waals surface area contributed by atoms with Gasteiger partial charge in [-0.1, -0.05) is 44.5 Å². The minimum atomic E-state index is -3.04. The van der Waals surface area contributed by atoms with Gasteiger partial charge >= 0.3 is 0 Å². The molecule has 0 aromatic heterocycles. The summed E-state index contributed by atoms with van der Waals surface area (Å²) in [7, 11) is -3.04. The van der Waals surface area contributed by atoms with E-state index in [4.69, 9.17) is 0 Å². The van der Waals surface area contributed by atoms with Crippen LogP contribution in [0.15, 0.2) is 18.2 Å². The first-order chi connectivity index (χ1) is 9.75. The number of rotatable bonds is 8. The summed E-state index contributed by atoms with van der Waals surface area (Å²) >= 11 is 0. The van der Waals surface area contributed by atoms with Gasteiger partial charge in [-0.3, -0.25) is 0 Å². The summed E-state index contributed by atoms with van der Waals surface area (Å²) < 4.78 is 24.7. The van der Waals surface area contributed by atoms with Crippen molar-refractivity contribution in [2.24, 2.45) is 5.92 Å². The third-order valence-electron chi connectivity index (χ3n) is 3.69. The fourth-order valence-electron chi connectivity index (χ4n) is 2.39. The largest absolute Gasteiger partial charge is 0.309 e. The van der Waals surface area contributed by atoms with E-state index < -0.39 is 9.84 Å². The van der Waals surface area contributed by atoms with Crippen LogP contribution in [0.1, 0.15) is 49.9 Å². The second-order valence-electron chi connectivity index (χ2n) is 6.27. The summed E-state index contributed by atoms with van der Waals surface area (Å²) in [6, 6.07) is 6.11. The SMILES string of the molecule is CCNC(CS(=O)(=O)CCC(C)C)c1cc(C)ccc1C. The highest BCUT2D eigenvalue weighted by Crippen LogP contribution is 2.21. The molecule has 0 aliphatic rings. The maximum Gasteiger partial charge on any atom is 0.152 e. The first kappa shape index (κ1) is 18.2. The highest BCUT2D eigenvalue weighted by Gasteiger charge is 2.21.